The van der Waals surface area contributed by atoms with E-state index in [1.165, 1.54) is 12.1 Å². The Bertz CT molecular complexity index is 819. The van der Waals surface area contributed by atoms with Crippen LogP contribution < -0.4 is 4.74 Å². The molecule has 0 bridgehead atoms. The minimum atomic E-state index is -4.79. The van der Waals surface area contributed by atoms with Crippen LogP contribution in [-0.2, 0) is 0 Å². The Kier molecular flexibility index (Phi) is 3.66. The van der Waals surface area contributed by atoms with Crippen molar-refractivity contribution in [3.8, 4) is 17.0 Å². The first kappa shape index (κ1) is 14.7. The molecule has 0 saturated carbocycles. The van der Waals surface area contributed by atoms with E-state index in [1.54, 1.807) is 24.3 Å². The number of pyridine rings is 1. The Morgan fingerprint density at radius 1 is 0.955 bits per heavy atom. The molecule has 22 heavy (non-hydrogen) atoms. The molecular formula is C16H9ClF3NO. The summed E-state index contributed by atoms with van der Waals surface area (Å²) < 4.78 is 41.6. The van der Waals surface area contributed by atoms with Gasteiger partial charge in [-0.3, -0.25) is 0 Å². The molecule has 0 saturated heterocycles. The maximum absolute atomic E-state index is 12.5. The van der Waals surface area contributed by atoms with E-state index >= 15 is 0 Å². The standard InChI is InChI=1S/C16H9ClF3NO/c17-12-9-13(10-5-2-1-3-6-10)21-15-11(12)7-4-8-14(15)22-16(18,19)20/h1-9H. The van der Waals surface area contributed by atoms with Gasteiger partial charge in [-0.05, 0) is 12.1 Å². The average molecular weight is 324 g/mol. The van der Waals surface area contributed by atoms with Gasteiger partial charge in [-0.15, -0.1) is 13.2 Å². The fraction of sp³-hybridized carbons (Fsp3) is 0.0625. The molecule has 1 heterocycles. The number of hydrogen-bond acceptors (Lipinski definition) is 2. The highest BCUT2D eigenvalue weighted by Gasteiger charge is 2.32. The smallest absolute Gasteiger partial charge is 0.403 e. The highest BCUT2D eigenvalue weighted by Crippen LogP contribution is 2.35. The molecule has 0 fully saturated rings. The van der Waals surface area contributed by atoms with Crippen molar-refractivity contribution < 1.29 is 17.9 Å². The number of benzene rings is 2. The maximum Gasteiger partial charge on any atom is 0.573 e. The first-order chi connectivity index (χ1) is 10.4. The first-order valence-electron chi connectivity index (χ1n) is 6.34. The van der Waals surface area contributed by atoms with Gasteiger partial charge < -0.3 is 4.74 Å². The summed E-state index contributed by atoms with van der Waals surface area (Å²) >= 11 is 6.18. The molecule has 0 aliphatic heterocycles. The lowest BCUT2D eigenvalue weighted by Crippen LogP contribution is -2.17. The second-order valence-electron chi connectivity index (χ2n) is 4.56. The van der Waals surface area contributed by atoms with Crippen molar-refractivity contribution in [2.75, 3.05) is 0 Å². The number of aromatic nitrogens is 1. The van der Waals surface area contributed by atoms with Crippen LogP contribution in [-0.4, -0.2) is 11.3 Å². The number of ether oxygens (including phenoxy) is 1. The number of halogens is 4. The summed E-state index contributed by atoms with van der Waals surface area (Å²) in [5.74, 6) is -0.371. The highest BCUT2D eigenvalue weighted by molar-refractivity contribution is 6.35. The predicted molar refractivity (Wildman–Crippen MR) is 78.9 cm³/mol. The molecule has 0 amide bonds. The number of rotatable bonds is 2. The van der Waals surface area contributed by atoms with E-state index in [0.717, 1.165) is 5.56 Å². The van der Waals surface area contributed by atoms with Crippen LogP contribution in [0.25, 0.3) is 22.2 Å². The van der Waals surface area contributed by atoms with E-state index in [1.807, 2.05) is 18.2 Å². The molecule has 6 heteroatoms. The second kappa shape index (κ2) is 5.50. The van der Waals surface area contributed by atoms with Crippen LogP contribution in [0.15, 0.2) is 54.6 Å². The summed E-state index contributed by atoms with van der Waals surface area (Å²) in [4.78, 5) is 4.28. The zero-order valence-corrected chi connectivity index (χ0v) is 11.8. The molecule has 2 nitrogen and oxygen atoms in total. The average Bonchev–Trinajstić information content (AvgIpc) is 2.47. The molecule has 112 valence electrons. The van der Waals surface area contributed by atoms with Gasteiger partial charge in [-0.1, -0.05) is 54.1 Å². The molecule has 0 aliphatic carbocycles. The van der Waals surface area contributed by atoms with Crippen molar-refractivity contribution in [1.82, 2.24) is 4.98 Å². The number of fused-ring (bicyclic) bond motifs is 1. The Morgan fingerprint density at radius 2 is 1.68 bits per heavy atom. The highest BCUT2D eigenvalue weighted by atomic mass is 35.5. The second-order valence-corrected chi connectivity index (χ2v) is 4.96. The molecule has 0 radical (unpaired) electrons. The Labute approximate surface area is 129 Å². The lowest BCUT2D eigenvalue weighted by molar-refractivity contribution is -0.274. The number of hydrogen-bond donors (Lipinski definition) is 0. The molecule has 0 N–H and O–H groups in total. The van der Waals surface area contributed by atoms with Gasteiger partial charge in [0.05, 0.1) is 10.7 Å². The Balaban J connectivity index is 2.21. The van der Waals surface area contributed by atoms with Crippen molar-refractivity contribution >= 4 is 22.5 Å². The van der Waals surface area contributed by atoms with Crippen molar-refractivity contribution in [3.63, 3.8) is 0 Å². The van der Waals surface area contributed by atoms with E-state index in [4.69, 9.17) is 11.6 Å². The van der Waals surface area contributed by atoms with Crippen molar-refractivity contribution in [2.24, 2.45) is 0 Å². The molecular weight excluding hydrogens is 315 g/mol. The summed E-state index contributed by atoms with van der Waals surface area (Å²) in [7, 11) is 0. The van der Waals surface area contributed by atoms with Gasteiger partial charge in [0, 0.05) is 10.9 Å². The molecule has 0 spiro atoms. The monoisotopic (exact) mass is 323 g/mol. The van der Waals surface area contributed by atoms with Gasteiger partial charge in [-0.2, -0.15) is 0 Å². The quantitative estimate of drug-likeness (QED) is 0.625. The van der Waals surface area contributed by atoms with Crippen LogP contribution in [0.3, 0.4) is 0 Å². The molecule has 0 atom stereocenters. The van der Waals surface area contributed by atoms with Crippen LogP contribution in [0.4, 0.5) is 13.2 Å². The Morgan fingerprint density at radius 3 is 2.36 bits per heavy atom. The normalized spacial score (nSPS) is 11.6. The van der Waals surface area contributed by atoms with Crippen molar-refractivity contribution in [3.05, 3.63) is 59.6 Å². The summed E-state index contributed by atoms with van der Waals surface area (Å²) in [6.45, 7) is 0. The van der Waals surface area contributed by atoms with E-state index < -0.39 is 6.36 Å². The van der Waals surface area contributed by atoms with Crippen LogP contribution in [0, 0.1) is 0 Å². The molecule has 0 aliphatic rings. The third-order valence-electron chi connectivity index (χ3n) is 3.05. The predicted octanol–water partition coefficient (Wildman–Crippen LogP) is 5.45. The van der Waals surface area contributed by atoms with Crippen molar-refractivity contribution in [2.45, 2.75) is 6.36 Å². The van der Waals surface area contributed by atoms with E-state index in [-0.39, 0.29) is 11.3 Å². The van der Waals surface area contributed by atoms with E-state index in [0.29, 0.717) is 16.1 Å². The Hall–Kier alpha value is -2.27. The van der Waals surface area contributed by atoms with Crippen LogP contribution in [0.5, 0.6) is 5.75 Å². The molecule has 0 unspecified atom stereocenters. The van der Waals surface area contributed by atoms with Gasteiger partial charge in [0.1, 0.15) is 5.52 Å². The molecule has 3 aromatic rings. The number of nitrogens with zero attached hydrogens (tertiary/aromatic N) is 1. The van der Waals surface area contributed by atoms with Gasteiger partial charge in [0.25, 0.3) is 0 Å². The van der Waals surface area contributed by atoms with Gasteiger partial charge in [0.15, 0.2) is 5.75 Å². The fourth-order valence-electron chi connectivity index (χ4n) is 2.14. The van der Waals surface area contributed by atoms with E-state index in [9.17, 15) is 13.2 Å². The molecule has 1 aromatic heterocycles. The third-order valence-corrected chi connectivity index (χ3v) is 3.36. The van der Waals surface area contributed by atoms with Crippen LogP contribution >= 0.6 is 11.6 Å². The lowest BCUT2D eigenvalue weighted by atomic mass is 10.1. The van der Waals surface area contributed by atoms with Gasteiger partial charge >= 0.3 is 6.36 Å². The fourth-order valence-corrected chi connectivity index (χ4v) is 2.40. The summed E-state index contributed by atoms with van der Waals surface area (Å²) in [6, 6.07) is 15.0. The zero-order chi connectivity index (χ0) is 15.7. The number of alkyl halides is 3. The SMILES string of the molecule is FC(F)(F)Oc1cccc2c(Cl)cc(-c3ccccc3)nc12. The minimum absolute atomic E-state index is 0.0752. The van der Waals surface area contributed by atoms with Crippen LogP contribution in [0.1, 0.15) is 0 Å². The minimum Gasteiger partial charge on any atom is -0.403 e. The molecule has 3 rings (SSSR count). The summed E-state index contributed by atoms with van der Waals surface area (Å²) in [6.07, 6.45) is -4.79. The van der Waals surface area contributed by atoms with Crippen molar-refractivity contribution in [1.29, 1.82) is 0 Å². The van der Waals surface area contributed by atoms with Gasteiger partial charge in [-0.25, -0.2) is 4.98 Å². The lowest BCUT2D eigenvalue weighted by Gasteiger charge is -2.12. The van der Waals surface area contributed by atoms with E-state index in [2.05, 4.69) is 9.72 Å². The van der Waals surface area contributed by atoms with Crippen LogP contribution in [0.2, 0.25) is 5.02 Å². The topological polar surface area (TPSA) is 22.1 Å². The summed E-state index contributed by atoms with van der Waals surface area (Å²) in [5.41, 5.74) is 1.32. The molecule has 2 aromatic carbocycles. The number of para-hydroxylation sites is 1. The van der Waals surface area contributed by atoms with Gasteiger partial charge in [0.2, 0.25) is 0 Å². The summed E-state index contributed by atoms with van der Waals surface area (Å²) in [5, 5.41) is 0.722. The third kappa shape index (κ3) is 2.99. The maximum atomic E-state index is 12.5. The first-order valence-corrected chi connectivity index (χ1v) is 6.72. The zero-order valence-electron chi connectivity index (χ0n) is 11.1. The largest absolute Gasteiger partial charge is 0.573 e.